The van der Waals surface area contributed by atoms with Crippen LogP contribution in [0.25, 0.3) is 0 Å². The molecule has 0 radical (unpaired) electrons. The molecule has 0 aromatic rings. The van der Waals surface area contributed by atoms with E-state index in [1.807, 2.05) is 32.7 Å². The molecule has 17 heavy (non-hydrogen) atoms. The molecule has 0 spiro atoms. The van der Waals surface area contributed by atoms with Gasteiger partial charge in [-0.05, 0) is 40.2 Å². The van der Waals surface area contributed by atoms with Crippen molar-refractivity contribution >= 4 is 6.03 Å². The summed E-state index contributed by atoms with van der Waals surface area (Å²) in [5.41, 5.74) is -0.154. The zero-order valence-corrected chi connectivity index (χ0v) is 11.8. The molecule has 100 valence electrons. The van der Waals surface area contributed by atoms with E-state index in [9.17, 15) is 4.79 Å². The molecule has 1 saturated heterocycles. The Labute approximate surface area is 105 Å². The lowest BCUT2D eigenvalue weighted by molar-refractivity contribution is 0.139. The molecule has 0 aliphatic carbocycles. The number of rotatable bonds is 2. The number of likely N-dealkylation sites (tertiary alicyclic amines) is 1. The third kappa shape index (κ3) is 4.19. The molecule has 0 aromatic heterocycles. The van der Waals surface area contributed by atoms with Gasteiger partial charge in [-0.1, -0.05) is 13.3 Å². The van der Waals surface area contributed by atoms with Gasteiger partial charge in [0.2, 0.25) is 0 Å². The fraction of sp³-hybridized carbons (Fsp3) is 0.923. The Bertz CT molecular complexity index is 260. The minimum absolute atomic E-state index is 0.0745. The summed E-state index contributed by atoms with van der Waals surface area (Å²) < 4.78 is 0. The highest BCUT2D eigenvalue weighted by Gasteiger charge is 2.30. The van der Waals surface area contributed by atoms with Crippen molar-refractivity contribution in [3.63, 3.8) is 0 Å². The highest BCUT2D eigenvalue weighted by atomic mass is 16.2. The maximum absolute atomic E-state index is 12.1. The Morgan fingerprint density at radius 1 is 1.41 bits per heavy atom. The summed E-state index contributed by atoms with van der Waals surface area (Å²) in [6, 6.07) is 0.629. The largest absolute Gasteiger partial charge is 0.333 e. The van der Waals surface area contributed by atoms with E-state index in [0.29, 0.717) is 12.0 Å². The van der Waals surface area contributed by atoms with Crippen molar-refractivity contribution < 1.29 is 4.79 Å². The number of nitrogens with one attached hydrogen (secondary N) is 2. The van der Waals surface area contributed by atoms with Crippen molar-refractivity contribution in [3.8, 4) is 0 Å². The van der Waals surface area contributed by atoms with Crippen LogP contribution in [0.15, 0.2) is 0 Å². The summed E-state index contributed by atoms with van der Waals surface area (Å²) in [4.78, 5) is 14.0. The SMILES string of the molecule is CCC1CN(C(=O)NC(C)(C)C)CCC1NC. The van der Waals surface area contributed by atoms with E-state index in [-0.39, 0.29) is 11.6 Å². The second-order valence-corrected chi connectivity index (χ2v) is 5.98. The zero-order valence-electron chi connectivity index (χ0n) is 11.8. The Balaban J connectivity index is 2.54. The molecular weight excluding hydrogens is 214 g/mol. The number of hydrogen-bond acceptors (Lipinski definition) is 2. The van der Waals surface area contributed by atoms with Crippen LogP contribution in [0.3, 0.4) is 0 Å². The normalized spacial score (nSPS) is 25.8. The summed E-state index contributed by atoms with van der Waals surface area (Å²) in [6.07, 6.45) is 2.16. The van der Waals surface area contributed by atoms with Gasteiger partial charge in [0, 0.05) is 24.7 Å². The Kier molecular flexibility index (Phi) is 4.80. The van der Waals surface area contributed by atoms with Gasteiger partial charge in [0.15, 0.2) is 0 Å². The zero-order chi connectivity index (χ0) is 13.1. The number of hydrogen-bond donors (Lipinski definition) is 2. The van der Waals surface area contributed by atoms with Gasteiger partial charge in [-0.3, -0.25) is 0 Å². The fourth-order valence-electron chi connectivity index (χ4n) is 2.41. The van der Waals surface area contributed by atoms with Gasteiger partial charge < -0.3 is 15.5 Å². The maximum atomic E-state index is 12.1. The molecule has 1 aliphatic heterocycles. The van der Waals surface area contributed by atoms with Gasteiger partial charge in [0.25, 0.3) is 0 Å². The molecule has 0 saturated carbocycles. The number of carbonyl (C=O) groups excluding carboxylic acids is 1. The third-order valence-electron chi connectivity index (χ3n) is 3.40. The molecule has 1 heterocycles. The molecule has 2 N–H and O–H groups in total. The number of carbonyl (C=O) groups is 1. The average Bonchev–Trinajstić information content (AvgIpc) is 2.25. The number of piperidine rings is 1. The lowest BCUT2D eigenvalue weighted by atomic mass is 9.90. The number of amides is 2. The monoisotopic (exact) mass is 241 g/mol. The van der Waals surface area contributed by atoms with Crippen LogP contribution in [0.4, 0.5) is 4.79 Å². The molecule has 4 nitrogen and oxygen atoms in total. The summed E-state index contributed by atoms with van der Waals surface area (Å²) in [5.74, 6) is 0.569. The van der Waals surface area contributed by atoms with Crippen LogP contribution in [0.2, 0.25) is 0 Å². The lowest BCUT2D eigenvalue weighted by Crippen LogP contribution is -2.55. The van der Waals surface area contributed by atoms with Crippen LogP contribution in [-0.2, 0) is 0 Å². The van der Waals surface area contributed by atoms with Crippen molar-refractivity contribution in [1.82, 2.24) is 15.5 Å². The lowest BCUT2D eigenvalue weighted by Gasteiger charge is -2.39. The van der Waals surface area contributed by atoms with Crippen LogP contribution in [0.1, 0.15) is 40.5 Å². The molecule has 0 aromatic carbocycles. The predicted molar refractivity (Wildman–Crippen MR) is 71.1 cm³/mol. The minimum Gasteiger partial charge on any atom is -0.333 e. The Hall–Kier alpha value is -0.770. The molecule has 2 unspecified atom stereocenters. The topological polar surface area (TPSA) is 44.4 Å². The second kappa shape index (κ2) is 5.71. The van der Waals surface area contributed by atoms with E-state index >= 15 is 0 Å². The average molecular weight is 241 g/mol. The first kappa shape index (κ1) is 14.3. The van der Waals surface area contributed by atoms with E-state index in [0.717, 1.165) is 25.9 Å². The Morgan fingerprint density at radius 2 is 2.06 bits per heavy atom. The first-order valence-electron chi connectivity index (χ1n) is 6.61. The van der Waals surface area contributed by atoms with E-state index < -0.39 is 0 Å². The van der Waals surface area contributed by atoms with Crippen molar-refractivity contribution in [2.24, 2.45) is 5.92 Å². The van der Waals surface area contributed by atoms with Gasteiger partial charge >= 0.3 is 6.03 Å². The van der Waals surface area contributed by atoms with Crippen molar-refractivity contribution in [2.45, 2.75) is 52.1 Å². The molecular formula is C13H27N3O. The van der Waals surface area contributed by atoms with Gasteiger partial charge in [-0.15, -0.1) is 0 Å². The van der Waals surface area contributed by atoms with Gasteiger partial charge in [-0.2, -0.15) is 0 Å². The Morgan fingerprint density at radius 3 is 2.53 bits per heavy atom. The molecule has 0 bridgehead atoms. The highest BCUT2D eigenvalue weighted by molar-refractivity contribution is 5.75. The van der Waals surface area contributed by atoms with Gasteiger partial charge in [0.1, 0.15) is 0 Å². The highest BCUT2D eigenvalue weighted by Crippen LogP contribution is 2.20. The van der Waals surface area contributed by atoms with E-state index in [4.69, 9.17) is 0 Å². The van der Waals surface area contributed by atoms with Crippen LogP contribution in [-0.4, -0.2) is 42.6 Å². The summed E-state index contributed by atoms with van der Waals surface area (Å²) in [5, 5.41) is 6.39. The van der Waals surface area contributed by atoms with Crippen molar-refractivity contribution in [2.75, 3.05) is 20.1 Å². The van der Waals surface area contributed by atoms with E-state index in [1.54, 1.807) is 0 Å². The standard InChI is InChI=1S/C13H27N3O/c1-6-10-9-16(8-7-11(10)14-5)12(17)15-13(2,3)4/h10-11,14H,6-9H2,1-5H3,(H,15,17). The predicted octanol–water partition coefficient (Wildman–Crippen LogP) is 1.81. The van der Waals surface area contributed by atoms with E-state index in [1.165, 1.54) is 0 Å². The second-order valence-electron chi connectivity index (χ2n) is 5.98. The number of nitrogens with zero attached hydrogens (tertiary/aromatic N) is 1. The first-order chi connectivity index (χ1) is 7.87. The van der Waals surface area contributed by atoms with Crippen molar-refractivity contribution in [3.05, 3.63) is 0 Å². The van der Waals surface area contributed by atoms with Crippen LogP contribution in [0.5, 0.6) is 0 Å². The minimum atomic E-state index is -0.154. The smallest absolute Gasteiger partial charge is 0.317 e. The van der Waals surface area contributed by atoms with Gasteiger partial charge in [-0.25, -0.2) is 4.79 Å². The molecule has 1 aliphatic rings. The summed E-state index contributed by atoms with van der Waals surface area (Å²) in [6.45, 7) is 9.96. The van der Waals surface area contributed by atoms with E-state index in [2.05, 4.69) is 17.6 Å². The molecule has 1 rings (SSSR count). The van der Waals surface area contributed by atoms with Crippen LogP contribution >= 0.6 is 0 Å². The molecule has 4 heteroatoms. The van der Waals surface area contributed by atoms with Gasteiger partial charge in [0.05, 0.1) is 0 Å². The molecule has 1 fully saturated rings. The van der Waals surface area contributed by atoms with Crippen LogP contribution in [0, 0.1) is 5.92 Å². The quantitative estimate of drug-likeness (QED) is 0.774. The molecule has 2 atom stereocenters. The summed E-state index contributed by atoms with van der Waals surface area (Å²) in [7, 11) is 2.01. The maximum Gasteiger partial charge on any atom is 0.317 e. The molecule has 2 amide bonds. The van der Waals surface area contributed by atoms with Crippen molar-refractivity contribution in [1.29, 1.82) is 0 Å². The van der Waals surface area contributed by atoms with Crippen LogP contribution < -0.4 is 10.6 Å². The fourth-order valence-corrected chi connectivity index (χ4v) is 2.41. The first-order valence-corrected chi connectivity index (χ1v) is 6.61. The third-order valence-corrected chi connectivity index (χ3v) is 3.40. The number of urea groups is 1. The summed E-state index contributed by atoms with van der Waals surface area (Å²) >= 11 is 0.